The van der Waals surface area contributed by atoms with Gasteiger partial charge in [-0.05, 0) is 59.7 Å². The number of allylic oxidation sites excluding steroid dienone is 6. The number of aliphatic hydroxyl groups is 1. The Kier molecular flexibility index (Phi) is 5.56. The zero-order valence-electron chi connectivity index (χ0n) is 19.2. The monoisotopic (exact) mass is 539 g/mol. The standard InChI is InChI=1S/C27H26BrNO6/c28-19-11-20(31)23-18(25(19)32)10-17-15(24(23)21-9-6-14(12-30)35-21)7-8-16-22(17)27(34)29(26(16)33)13-4-2-1-3-5-13/h6-7,9,11,13,16-17,22,24,30H,1-5,8,10,12H2. The Morgan fingerprint density at radius 3 is 2.51 bits per heavy atom. The van der Waals surface area contributed by atoms with E-state index in [1.807, 2.05) is 6.08 Å². The van der Waals surface area contributed by atoms with Crippen molar-refractivity contribution in [3.8, 4) is 0 Å². The summed E-state index contributed by atoms with van der Waals surface area (Å²) in [4.78, 5) is 55.1. The zero-order valence-corrected chi connectivity index (χ0v) is 20.8. The predicted molar refractivity (Wildman–Crippen MR) is 128 cm³/mol. The number of nitrogens with zero attached hydrogens (tertiary/aromatic N) is 1. The topological polar surface area (TPSA) is 105 Å². The number of likely N-dealkylation sites (tertiary alicyclic amines) is 1. The van der Waals surface area contributed by atoms with Gasteiger partial charge in [0.15, 0.2) is 11.6 Å². The lowest BCUT2D eigenvalue weighted by Crippen LogP contribution is -2.43. The maximum absolute atomic E-state index is 13.8. The Balaban J connectivity index is 1.45. The second-order valence-electron chi connectivity index (χ2n) is 10.2. The number of fused-ring (bicyclic) bond motifs is 3. The van der Waals surface area contributed by atoms with Gasteiger partial charge in [-0.2, -0.15) is 0 Å². The van der Waals surface area contributed by atoms with Crippen LogP contribution < -0.4 is 0 Å². The molecule has 35 heavy (non-hydrogen) atoms. The Hall–Kier alpha value is -2.58. The molecule has 2 fully saturated rings. The summed E-state index contributed by atoms with van der Waals surface area (Å²) in [5.74, 6) is -1.88. The molecule has 1 N–H and O–H groups in total. The highest BCUT2D eigenvalue weighted by Gasteiger charge is 2.57. The quantitative estimate of drug-likeness (QED) is 0.355. The van der Waals surface area contributed by atoms with Crippen LogP contribution in [-0.2, 0) is 25.8 Å². The van der Waals surface area contributed by atoms with Crippen molar-refractivity contribution >= 4 is 39.3 Å². The number of hydrogen-bond donors (Lipinski definition) is 1. The van der Waals surface area contributed by atoms with E-state index in [0.717, 1.165) is 37.7 Å². The lowest BCUT2D eigenvalue weighted by molar-refractivity contribution is -0.143. The molecule has 4 atom stereocenters. The largest absolute Gasteiger partial charge is 0.463 e. The summed E-state index contributed by atoms with van der Waals surface area (Å²) in [7, 11) is 0. The van der Waals surface area contributed by atoms with Gasteiger partial charge in [0.05, 0.1) is 22.2 Å². The van der Waals surface area contributed by atoms with E-state index in [4.69, 9.17) is 4.42 Å². The lowest BCUT2D eigenvalue weighted by Gasteiger charge is -2.41. The maximum Gasteiger partial charge on any atom is 0.233 e. The molecule has 4 aliphatic carbocycles. The summed E-state index contributed by atoms with van der Waals surface area (Å²) < 4.78 is 6.07. The van der Waals surface area contributed by atoms with Crippen molar-refractivity contribution in [2.45, 2.75) is 63.5 Å². The third-order valence-corrected chi connectivity index (χ3v) is 9.02. The summed E-state index contributed by atoms with van der Waals surface area (Å²) in [5, 5.41) is 9.54. The second kappa shape index (κ2) is 8.52. The van der Waals surface area contributed by atoms with Gasteiger partial charge in [0.25, 0.3) is 0 Å². The summed E-state index contributed by atoms with van der Waals surface area (Å²) in [5.41, 5.74) is 1.62. The number of aliphatic hydroxyl groups excluding tert-OH is 1. The maximum atomic E-state index is 13.8. The van der Waals surface area contributed by atoms with E-state index in [2.05, 4.69) is 15.9 Å². The van der Waals surface area contributed by atoms with Gasteiger partial charge in [0, 0.05) is 23.3 Å². The molecule has 4 unspecified atom stereocenters. The Bertz CT molecular complexity index is 1250. The van der Waals surface area contributed by atoms with Crippen LogP contribution in [0.4, 0.5) is 0 Å². The van der Waals surface area contributed by atoms with Crippen LogP contribution in [-0.4, -0.2) is 39.4 Å². The van der Waals surface area contributed by atoms with Crippen molar-refractivity contribution in [3.63, 3.8) is 0 Å². The van der Waals surface area contributed by atoms with E-state index >= 15 is 0 Å². The number of rotatable bonds is 3. The first-order valence-corrected chi connectivity index (χ1v) is 13.2. The highest BCUT2D eigenvalue weighted by Crippen LogP contribution is 2.55. The highest BCUT2D eigenvalue weighted by molar-refractivity contribution is 9.12. The summed E-state index contributed by atoms with van der Waals surface area (Å²) in [6.07, 6.45) is 8.82. The third-order valence-electron chi connectivity index (χ3n) is 8.43. The summed E-state index contributed by atoms with van der Waals surface area (Å²) >= 11 is 3.23. The molecule has 1 aromatic rings. The van der Waals surface area contributed by atoms with Crippen molar-refractivity contribution in [2.24, 2.45) is 17.8 Å². The lowest BCUT2D eigenvalue weighted by atomic mass is 9.60. The molecule has 7 nitrogen and oxygen atoms in total. The molecular formula is C27H26BrNO6. The fourth-order valence-electron chi connectivity index (χ4n) is 6.89. The molecule has 5 aliphatic rings. The van der Waals surface area contributed by atoms with E-state index in [1.54, 1.807) is 12.1 Å². The molecule has 0 aromatic carbocycles. The third kappa shape index (κ3) is 3.40. The molecule has 1 saturated carbocycles. The molecule has 0 radical (unpaired) electrons. The second-order valence-corrected chi connectivity index (χ2v) is 11.0. The number of amides is 2. The Morgan fingerprint density at radius 2 is 1.80 bits per heavy atom. The van der Waals surface area contributed by atoms with Crippen molar-refractivity contribution in [2.75, 3.05) is 0 Å². The van der Waals surface area contributed by atoms with Crippen LogP contribution in [0.25, 0.3) is 0 Å². The van der Waals surface area contributed by atoms with Gasteiger partial charge in [0.1, 0.15) is 18.1 Å². The number of carbonyl (C=O) groups is 4. The van der Waals surface area contributed by atoms with E-state index < -0.39 is 17.8 Å². The van der Waals surface area contributed by atoms with Crippen molar-refractivity contribution in [1.82, 2.24) is 4.90 Å². The Morgan fingerprint density at radius 1 is 1.03 bits per heavy atom. The van der Waals surface area contributed by atoms with Crippen molar-refractivity contribution in [3.05, 3.63) is 57.0 Å². The van der Waals surface area contributed by atoms with Crippen molar-refractivity contribution in [1.29, 1.82) is 0 Å². The van der Waals surface area contributed by atoms with Crippen LogP contribution in [0, 0.1) is 17.8 Å². The molecule has 0 bridgehead atoms. The van der Waals surface area contributed by atoms with Crippen LogP contribution in [0.3, 0.4) is 0 Å². The van der Waals surface area contributed by atoms with Crippen molar-refractivity contribution < 1.29 is 28.7 Å². The zero-order chi connectivity index (χ0) is 24.4. The average molecular weight is 540 g/mol. The average Bonchev–Trinajstić information content (AvgIpc) is 3.44. The molecule has 1 aliphatic heterocycles. The van der Waals surface area contributed by atoms with Crippen LogP contribution in [0.15, 0.2) is 49.9 Å². The SMILES string of the molecule is O=C1C=C(Br)C(=O)C2=C1C(c1ccc(CO)o1)C1=CCC3C(=O)N(C4CCCCC4)C(=O)C3C1C2. The van der Waals surface area contributed by atoms with Gasteiger partial charge in [-0.1, -0.05) is 30.9 Å². The molecule has 182 valence electrons. The molecule has 2 amide bonds. The fraction of sp³-hybridized carbons (Fsp3) is 0.481. The summed E-state index contributed by atoms with van der Waals surface area (Å²) in [6.45, 7) is -0.284. The first kappa shape index (κ1) is 22.9. The van der Waals surface area contributed by atoms with E-state index in [-0.39, 0.29) is 52.9 Å². The normalized spacial score (nSPS) is 31.3. The first-order chi connectivity index (χ1) is 16.9. The number of Topliss-reactive ketones (excluding diaryl/α,β-unsaturated/α-hetero) is 1. The number of carbonyl (C=O) groups excluding carboxylic acids is 4. The first-order valence-electron chi connectivity index (χ1n) is 12.4. The molecule has 8 heteroatoms. The number of imide groups is 1. The van der Waals surface area contributed by atoms with E-state index in [0.29, 0.717) is 29.1 Å². The van der Waals surface area contributed by atoms with Crippen LogP contribution in [0.2, 0.25) is 0 Å². The molecular weight excluding hydrogens is 514 g/mol. The Labute approximate surface area is 211 Å². The minimum Gasteiger partial charge on any atom is -0.463 e. The van der Waals surface area contributed by atoms with E-state index in [1.165, 1.54) is 11.0 Å². The number of furan rings is 1. The molecule has 1 aromatic heterocycles. The molecule has 1 saturated heterocycles. The fourth-order valence-corrected chi connectivity index (χ4v) is 7.34. The van der Waals surface area contributed by atoms with Crippen LogP contribution in [0.1, 0.15) is 62.4 Å². The van der Waals surface area contributed by atoms with Crippen LogP contribution in [0.5, 0.6) is 0 Å². The van der Waals surface area contributed by atoms with E-state index in [9.17, 15) is 24.3 Å². The number of hydrogen-bond acceptors (Lipinski definition) is 6. The predicted octanol–water partition coefficient (Wildman–Crippen LogP) is 3.87. The number of ketones is 2. The van der Waals surface area contributed by atoms with Gasteiger partial charge in [-0.15, -0.1) is 0 Å². The van der Waals surface area contributed by atoms with Gasteiger partial charge in [-0.25, -0.2) is 0 Å². The smallest absolute Gasteiger partial charge is 0.233 e. The highest BCUT2D eigenvalue weighted by atomic mass is 79.9. The summed E-state index contributed by atoms with van der Waals surface area (Å²) in [6, 6.07) is 3.33. The van der Waals surface area contributed by atoms with Crippen LogP contribution >= 0.6 is 15.9 Å². The minimum atomic E-state index is -0.620. The van der Waals surface area contributed by atoms with Gasteiger partial charge in [0.2, 0.25) is 11.8 Å². The van der Waals surface area contributed by atoms with Gasteiger partial charge >= 0.3 is 0 Å². The molecule has 6 rings (SSSR count). The van der Waals surface area contributed by atoms with Gasteiger partial charge < -0.3 is 9.52 Å². The van der Waals surface area contributed by atoms with Gasteiger partial charge in [-0.3, -0.25) is 24.1 Å². The minimum absolute atomic E-state index is 0.0425. The molecule has 0 spiro atoms. The number of halogens is 1. The molecule has 2 heterocycles.